The number of amides is 2. The van der Waals surface area contributed by atoms with Crippen molar-refractivity contribution < 1.29 is 14.3 Å². The van der Waals surface area contributed by atoms with E-state index in [9.17, 15) is 14.4 Å². The van der Waals surface area contributed by atoms with Gasteiger partial charge in [-0.05, 0) is 18.8 Å². The van der Waals surface area contributed by atoms with Crippen LogP contribution < -0.4 is 10.9 Å². The molecule has 128 valence electrons. The number of nitrogens with one attached hydrogen (secondary N) is 2. The van der Waals surface area contributed by atoms with Crippen molar-refractivity contribution in [2.75, 3.05) is 32.8 Å². The highest BCUT2D eigenvalue weighted by atomic mass is 16.5. The third kappa shape index (κ3) is 2.71. The molecule has 1 aromatic heterocycles. The van der Waals surface area contributed by atoms with Crippen LogP contribution in [0.5, 0.6) is 0 Å². The lowest BCUT2D eigenvalue weighted by molar-refractivity contribution is -0.140. The summed E-state index contributed by atoms with van der Waals surface area (Å²) in [4.78, 5) is 44.1. The van der Waals surface area contributed by atoms with Crippen molar-refractivity contribution in [1.29, 1.82) is 0 Å². The predicted octanol–water partition coefficient (Wildman–Crippen LogP) is -0.841. The summed E-state index contributed by atoms with van der Waals surface area (Å²) in [5.41, 5.74) is -0.221. The van der Waals surface area contributed by atoms with Crippen LogP contribution >= 0.6 is 0 Å². The zero-order valence-electron chi connectivity index (χ0n) is 13.4. The molecule has 1 saturated carbocycles. The molecule has 8 heteroatoms. The summed E-state index contributed by atoms with van der Waals surface area (Å²) in [6.45, 7) is 4.91. The summed E-state index contributed by atoms with van der Waals surface area (Å²) in [5, 5.41) is 2.79. The molecular weight excluding hydrogens is 312 g/mol. The van der Waals surface area contributed by atoms with Crippen LogP contribution in [0, 0.1) is 30.6 Å². The lowest BCUT2D eigenvalue weighted by Gasteiger charge is -2.39. The zero-order chi connectivity index (χ0) is 16.8. The Bertz CT molecular complexity index is 730. The van der Waals surface area contributed by atoms with Gasteiger partial charge < -0.3 is 19.9 Å². The molecule has 4 rings (SSSR count). The smallest absolute Gasteiger partial charge is 0.270 e. The Balaban J connectivity index is 1.23. The highest BCUT2D eigenvalue weighted by Gasteiger charge is 2.59. The molecule has 0 aromatic carbocycles. The van der Waals surface area contributed by atoms with E-state index >= 15 is 0 Å². The highest BCUT2D eigenvalue weighted by molar-refractivity contribution is 5.92. The van der Waals surface area contributed by atoms with Gasteiger partial charge in [-0.15, -0.1) is 0 Å². The van der Waals surface area contributed by atoms with Crippen molar-refractivity contribution in [3.63, 3.8) is 0 Å². The average molecular weight is 332 g/mol. The van der Waals surface area contributed by atoms with Crippen molar-refractivity contribution in [3.8, 4) is 0 Å². The first-order valence-electron chi connectivity index (χ1n) is 8.25. The van der Waals surface area contributed by atoms with Crippen molar-refractivity contribution in [3.05, 3.63) is 27.9 Å². The number of likely N-dealkylation sites (tertiary alicyclic amines) is 1. The van der Waals surface area contributed by atoms with Crippen LogP contribution in [-0.4, -0.2) is 59.5 Å². The van der Waals surface area contributed by atoms with Gasteiger partial charge in [0, 0.05) is 37.5 Å². The van der Waals surface area contributed by atoms with Gasteiger partial charge in [0.15, 0.2) is 0 Å². The minimum absolute atomic E-state index is 0.120. The summed E-state index contributed by atoms with van der Waals surface area (Å²) in [6.07, 6.45) is 0. The maximum atomic E-state index is 12.3. The number of carbonyl (C=O) groups is 2. The molecule has 3 aliphatic rings. The van der Waals surface area contributed by atoms with Gasteiger partial charge >= 0.3 is 0 Å². The van der Waals surface area contributed by atoms with E-state index in [1.165, 1.54) is 6.07 Å². The van der Waals surface area contributed by atoms with Gasteiger partial charge in [0.1, 0.15) is 11.5 Å². The monoisotopic (exact) mass is 332 g/mol. The Morgan fingerprint density at radius 1 is 1.38 bits per heavy atom. The minimum atomic E-state index is -0.358. The molecule has 2 saturated heterocycles. The molecule has 0 bridgehead atoms. The number of rotatable bonds is 4. The Hall–Kier alpha value is -2.22. The van der Waals surface area contributed by atoms with Gasteiger partial charge in [-0.25, -0.2) is 4.98 Å². The van der Waals surface area contributed by atoms with Crippen molar-refractivity contribution in [2.45, 2.75) is 6.92 Å². The number of nitrogens with zero attached hydrogens (tertiary/aromatic N) is 2. The molecule has 2 N–H and O–H groups in total. The van der Waals surface area contributed by atoms with E-state index in [1.807, 2.05) is 4.90 Å². The van der Waals surface area contributed by atoms with E-state index in [0.717, 1.165) is 13.2 Å². The molecule has 3 heterocycles. The fourth-order valence-corrected chi connectivity index (χ4v) is 3.72. The summed E-state index contributed by atoms with van der Waals surface area (Å²) in [5.74, 6) is 1.58. The standard InChI is InChI=1S/C16H20N4O4/c1-8-18-12(2-13(21)19-8)15(22)17-3-9-4-20(5-9)16(23)14-10-6-24-7-11(10)14/h2,9-11,14H,3-7H2,1H3,(H,17,22)(H,18,19,21)/t10-,11+,14?. The first-order valence-corrected chi connectivity index (χ1v) is 8.25. The quantitative estimate of drug-likeness (QED) is 0.748. The molecule has 1 aliphatic carbocycles. The number of hydrogen-bond acceptors (Lipinski definition) is 5. The highest BCUT2D eigenvalue weighted by Crippen LogP contribution is 2.52. The molecule has 8 nitrogen and oxygen atoms in total. The third-order valence-corrected chi connectivity index (χ3v) is 5.15. The van der Waals surface area contributed by atoms with E-state index in [4.69, 9.17) is 4.74 Å². The lowest BCUT2D eigenvalue weighted by atomic mass is 9.99. The Morgan fingerprint density at radius 2 is 2.08 bits per heavy atom. The number of aromatic amines is 1. The Morgan fingerprint density at radius 3 is 2.75 bits per heavy atom. The number of ether oxygens (including phenoxy) is 1. The molecule has 2 amide bonds. The maximum absolute atomic E-state index is 12.3. The second-order valence-electron chi connectivity index (χ2n) is 6.93. The van der Waals surface area contributed by atoms with Gasteiger partial charge in [0.2, 0.25) is 5.91 Å². The number of fused-ring (bicyclic) bond motifs is 1. The number of carbonyl (C=O) groups excluding carboxylic acids is 2. The van der Waals surface area contributed by atoms with Crippen LogP contribution in [0.4, 0.5) is 0 Å². The number of H-pyrrole nitrogens is 1. The lowest BCUT2D eigenvalue weighted by Crippen LogP contribution is -2.54. The van der Waals surface area contributed by atoms with Crippen molar-refractivity contribution in [1.82, 2.24) is 20.2 Å². The number of aromatic nitrogens is 2. The first kappa shape index (κ1) is 15.3. The minimum Gasteiger partial charge on any atom is -0.381 e. The van der Waals surface area contributed by atoms with E-state index in [0.29, 0.717) is 37.3 Å². The van der Waals surface area contributed by atoms with Crippen LogP contribution in [0.1, 0.15) is 16.3 Å². The molecule has 1 unspecified atom stereocenters. The molecule has 24 heavy (non-hydrogen) atoms. The van der Waals surface area contributed by atoms with Gasteiger partial charge in [-0.2, -0.15) is 0 Å². The van der Waals surface area contributed by atoms with Gasteiger partial charge in [0.25, 0.3) is 11.5 Å². The van der Waals surface area contributed by atoms with Crippen LogP contribution in [-0.2, 0) is 9.53 Å². The Labute approximate surface area is 138 Å². The molecule has 0 radical (unpaired) electrons. The van der Waals surface area contributed by atoms with Crippen LogP contribution in [0.3, 0.4) is 0 Å². The van der Waals surface area contributed by atoms with Crippen LogP contribution in [0.2, 0.25) is 0 Å². The third-order valence-electron chi connectivity index (χ3n) is 5.15. The molecular formula is C16H20N4O4. The molecule has 2 aliphatic heterocycles. The summed E-state index contributed by atoms with van der Waals surface area (Å²) in [6, 6.07) is 1.19. The van der Waals surface area contributed by atoms with E-state index in [-0.39, 0.29) is 34.9 Å². The number of aryl methyl sites for hydroxylation is 1. The molecule has 3 atom stereocenters. The second-order valence-corrected chi connectivity index (χ2v) is 6.93. The summed E-state index contributed by atoms with van der Waals surface area (Å²) in [7, 11) is 0. The first-order chi connectivity index (χ1) is 11.5. The summed E-state index contributed by atoms with van der Waals surface area (Å²) >= 11 is 0. The van der Waals surface area contributed by atoms with E-state index in [1.54, 1.807) is 6.92 Å². The SMILES string of the molecule is Cc1nc(C(=O)NCC2CN(C(=O)C3[C@H]4COC[C@@H]34)C2)cc(=O)[nH]1. The summed E-state index contributed by atoms with van der Waals surface area (Å²) < 4.78 is 5.31. The molecule has 1 aromatic rings. The normalized spacial score (nSPS) is 28.2. The molecule has 3 fully saturated rings. The van der Waals surface area contributed by atoms with Gasteiger partial charge in [-0.3, -0.25) is 14.4 Å². The fourth-order valence-electron chi connectivity index (χ4n) is 3.72. The van der Waals surface area contributed by atoms with Crippen molar-refractivity contribution >= 4 is 11.8 Å². The van der Waals surface area contributed by atoms with Gasteiger partial charge in [0.05, 0.1) is 13.2 Å². The second kappa shape index (κ2) is 5.70. The topological polar surface area (TPSA) is 104 Å². The predicted molar refractivity (Wildman–Crippen MR) is 83.3 cm³/mol. The van der Waals surface area contributed by atoms with Crippen LogP contribution in [0.25, 0.3) is 0 Å². The Kier molecular flexibility index (Phi) is 3.64. The van der Waals surface area contributed by atoms with Gasteiger partial charge in [-0.1, -0.05) is 0 Å². The fraction of sp³-hybridized carbons (Fsp3) is 0.625. The largest absolute Gasteiger partial charge is 0.381 e. The average Bonchev–Trinajstić information content (AvgIpc) is 2.97. The van der Waals surface area contributed by atoms with Crippen LogP contribution in [0.15, 0.2) is 10.9 Å². The number of hydrogen-bond donors (Lipinski definition) is 2. The van der Waals surface area contributed by atoms with E-state index < -0.39 is 0 Å². The maximum Gasteiger partial charge on any atom is 0.270 e. The van der Waals surface area contributed by atoms with Crippen molar-refractivity contribution in [2.24, 2.45) is 23.7 Å². The van der Waals surface area contributed by atoms with E-state index in [2.05, 4.69) is 15.3 Å². The zero-order valence-corrected chi connectivity index (χ0v) is 13.4. The molecule has 0 spiro atoms.